The van der Waals surface area contributed by atoms with Crippen LogP contribution in [0, 0.1) is 6.92 Å². The Labute approximate surface area is 115 Å². The summed E-state index contributed by atoms with van der Waals surface area (Å²) in [6.45, 7) is 4.91. The molecule has 0 bridgehead atoms. The Morgan fingerprint density at radius 2 is 2.22 bits per heavy atom. The van der Waals surface area contributed by atoms with Gasteiger partial charge in [-0.05, 0) is 41.9 Å². The molecule has 0 aliphatic carbocycles. The van der Waals surface area contributed by atoms with E-state index in [2.05, 4.69) is 32.9 Å². The van der Waals surface area contributed by atoms with Gasteiger partial charge in [-0.1, -0.05) is 6.07 Å². The fraction of sp³-hybridized carbons (Fsp3) is 0.385. The first kappa shape index (κ1) is 13.2. The normalized spacial score (nSPS) is 12.7. The van der Waals surface area contributed by atoms with Crippen LogP contribution in [-0.4, -0.2) is 14.8 Å². The van der Waals surface area contributed by atoms with Crippen LogP contribution in [0.2, 0.25) is 0 Å². The zero-order valence-corrected chi connectivity index (χ0v) is 12.2. The fourth-order valence-corrected chi connectivity index (χ4v) is 2.42. The van der Waals surface area contributed by atoms with Crippen LogP contribution in [-0.2, 0) is 13.0 Å². The third-order valence-electron chi connectivity index (χ3n) is 2.93. The van der Waals surface area contributed by atoms with Crippen molar-refractivity contribution >= 4 is 15.9 Å². The summed E-state index contributed by atoms with van der Waals surface area (Å²) >= 11 is 3.58. The summed E-state index contributed by atoms with van der Waals surface area (Å²) in [7, 11) is 0. The maximum Gasteiger partial charge on any atom is 0.0738 e. The molecule has 18 heavy (non-hydrogen) atoms. The van der Waals surface area contributed by atoms with E-state index in [4.69, 9.17) is 5.73 Å². The third-order valence-corrected chi connectivity index (χ3v) is 3.97. The van der Waals surface area contributed by atoms with E-state index < -0.39 is 0 Å². The van der Waals surface area contributed by atoms with Gasteiger partial charge in [-0.25, -0.2) is 0 Å². The van der Waals surface area contributed by atoms with Crippen molar-refractivity contribution in [3.05, 3.63) is 46.0 Å². The van der Waals surface area contributed by atoms with Gasteiger partial charge in [0.05, 0.1) is 27.6 Å². The van der Waals surface area contributed by atoms with Crippen LogP contribution >= 0.6 is 15.9 Å². The summed E-state index contributed by atoms with van der Waals surface area (Å²) in [5, 5.41) is 4.47. The molecule has 2 aromatic heterocycles. The van der Waals surface area contributed by atoms with Crippen LogP contribution in [0.5, 0.6) is 0 Å². The highest BCUT2D eigenvalue weighted by atomic mass is 79.9. The van der Waals surface area contributed by atoms with Crippen molar-refractivity contribution in [1.29, 1.82) is 0 Å². The molecule has 0 radical (unpaired) electrons. The summed E-state index contributed by atoms with van der Waals surface area (Å²) in [6, 6.07) is 5.70. The summed E-state index contributed by atoms with van der Waals surface area (Å²) in [6.07, 6.45) is 2.50. The standard InChI is InChI=1S/C13H17BrN4/c1-3-18-12(13(14)9(2)17-18)8-10(15)11-6-4-5-7-16-11/h4-7,10H,3,8,15H2,1-2H3. The number of rotatable bonds is 4. The number of hydrogen-bond acceptors (Lipinski definition) is 3. The molecule has 0 saturated heterocycles. The topological polar surface area (TPSA) is 56.7 Å². The van der Waals surface area contributed by atoms with Crippen LogP contribution in [0.15, 0.2) is 28.9 Å². The highest BCUT2D eigenvalue weighted by Crippen LogP contribution is 2.24. The predicted octanol–water partition coefficient (Wildman–Crippen LogP) is 2.61. The second-order valence-corrected chi connectivity index (χ2v) is 5.02. The number of nitrogens with zero attached hydrogens (tertiary/aromatic N) is 3. The molecule has 1 atom stereocenters. The summed E-state index contributed by atoms with van der Waals surface area (Å²) in [4.78, 5) is 4.30. The molecule has 0 saturated carbocycles. The Bertz CT molecular complexity index is 521. The fourth-order valence-electron chi connectivity index (χ4n) is 1.97. The van der Waals surface area contributed by atoms with Gasteiger partial charge in [-0.3, -0.25) is 9.67 Å². The van der Waals surface area contributed by atoms with Crippen LogP contribution in [0.3, 0.4) is 0 Å². The van der Waals surface area contributed by atoms with Gasteiger partial charge in [0.15, 0.2) is 0 Å². The molecule has 0 spiro atoms. The molecule has 0 aliphatic rings. The Balaban J connectivity index is 2.24. The molecule has 2 N–H and O–H groups in total. The number of nitrogens with two attached hydrogens (primary N) is 1. The number of hydrogen-bond donors (Lipinski definition) is 1. The lowest BCUT2D eigenvalue weighted by atomic mass is 10.1. The van der Waals surface area contributed by atoms with E-state index in [0.29, 0.717) is 0 Å². The van der Waals surface area contributed by atoms with Crippen molar-refractivity contribution in [3.8, 4) is 0 Å². The maximum absolute atomic E-state index is 6.20. The molecule has 5 heteroatoms. The van der Waals surface area contributed by atoms with Gasteiger partial charge in [0, 0.05) is 19.2 Å². The second-order valence-electron chi connectivity index (χ2n) is 4.23. The zero-order chi connectivity index (χ0) is 13.1. The van der Waals surface area contributed by atoms with Crippen LogP contribution in [0.4, 0.5) is 0 Å². The van der Waals surface area contributed by atoms with E-state index in [1.54, 1.807) is 6.20 Å². The molecular formula is C13H17BrN4. The van der Waals surface area contributed by atoms with Crippen molar-refractivity contribution in [2.24, 2.45) is 5.73 Å². The number of aromatic nitrogens is 3. The van der Waals surface area contributed by atoms with Gasteiger partial charge in [0.25, 0.3) is 0 Å². The lowest BCUT2D eigenvalue weighted by Crippen LogP contribution is -2.17. The molecule has 1 unspecified atom stereocenters. The first-order valence-electron chi connectivity index (χ1n) is 6.01. The second kappa shape index (κ2) is 5.63. The Morgan fingerprint density at radius 1 is 1.44 bits per heavy atom. The van der Waals surface area contributed by atoms with Crippen molar-refractivity contribution in [2.75, 3.05) is 0 Å². The smallest absolute Gasteiger partial charge is 0.0738 e. The SMILES string of the molecule is CCn1nc(C)c(Br)c1CC(N)c1ccccn1. The van der Waals surface area contributed by atoms with Gasteiger partial charge in [0.1, 0.15) is 0 Å². The predicted molar refractivity (Wildman–Crippen MR) is 75.2 cm³/mol. The van der Waals surface area contributed by atoms with Crippen LogP contribution in [0.1, 0.15) is 30.0 Å². The number of pyridine rings is 1. The summed E-state index contributed by atoms with van der Waals surface area (Å²) < 4.78 is 3.04. The molecule has 2 rings (SSSR count). The molecule has 4 nitrogen and oxygen atoms in total. The zero-order valence-electron chi connectivity index (χ0n) is 10.6. The Hall–Kier alpha value is -1.20. The minimum atomic E-state index is -0.108. The number of aryl methyl sites for hydroxylation is 2. The van der Waals surface area contributed by atoms with E-state index in [1.807, 2.05) is 29.8 Å². The first-order valence-corrected chi connectivity index (χ1v) is 6.81. The molecule has 2 heterocycles. The van der Waals surface area contributed by atoms with E-state index in [-0.39, 0.29) is 6.04 Å². The minimum absolute atomic E-state index is 0.108. The molecule has 0 amide bonds. The van der Waals surface area contributed by atoms with Crippen LogP contribution in [0.25, 0.3) is 0 Å². The molecular weight excluding hydrogens is 292 g/mol. The third kappa shape index (κ3) is 2.62. The van der Waals surface area contributed by atoms with Crippen LogP contribution < -0.4 is 5.73 Å². The van der Waals surface area contributed by atoms with Gasteiger partial charge in [-0.15, -0.1) is 0 Å². The van der Waals surface area contributed by atoms with Gasteiger partial charge >= 0.3 is 0 Å². The van der Waals surface area contributed by atoms with E-state index >= 15 is 0 Å². The average Bonchev–Trinajstić information content (AvgIpc) is 2.67. The Morgan fingerprint density at radius 3 is 2.83 bits per heavy atom. The molecule has 0 aromatic carbocycles. The average molecular weight is 309 g/mol. The van der Waals surface area contributed by atoms with Gasteiger partial charge in [-0.2, -0.15) is 5.10 Å². The highest BCUT2D eigenvalue weighted by molar-refractivity contribution is 9.10. The van der Waals surface area contributed by atoms with E-state index in [9.17, 15) is 0 Å². The van der Waals surface area contributed by atoms with Crippen molar-refractivity contribution < 1.29 is 0 Å². The molecule has 96 valence electrons. The van der Waals surface area contributed by atoms with E-state index in [1.165, 1.54) is 0 Å². The van der Waals surface area contributed by atoms with Crippen molar-refractivity contribution in [1.82, 2.24) is 14.8 Å². The largest absolute Gasteiger partial charge is 0.322 e. The molecule has 2 aromatic rings. The van der Waals surface area contributed by atoms with Gasteiger partial charge < -0.3 is 5.73 Å². The molecule has 0 aliphatic heterocycles. The maximum atomic E-state index is 6.20. The minimum Gasteiger partial charge on any atom is -0.322 e. The quantitative estimate of drug-likeness (QED) is 0.944. The van der Waals surface area contributed by atoms with Crippen molar-refractivity contribution in [3.63, 3.8) is 0 Å². The van der Waals surface area contributed by atoms with Gasteiger partial charge in [0.2, 0.25) is 0 Å². The monoisotopic (exact) mass is 308 g/mol. The Kier molecular flexibility index (Phi) is 4.14. The highest BCUT2D eigenvalue weighted by Gasteiger charge is 2.16. The number of halogens is 1. The first-order chi connectivity index (χ1) is 8.63. The molecule has 0 fully saturated rings. The lowest BCUT2D eigenvalue weighted by Gasteiger charge is -2.12. The lowest BCUT2D eigenvalue weighted by molar-refractivity contribution is 0.581. The van der Waals surface area contributed by atoms with E-state index in [0.717, 1.165) is 34.5 Å². The summed E-state index contributed by atoms with van der Waals surface area (Å²) in [5.41, 5.74) is 9.25. The summed E-state index contributed by atoms with van der Waals surface area (Å²) in [5.74, 6) is 0. The van der Waals surface area contributed by atoms with Crippen molar-refractivity contribution in [2.45, 2.75) is 32.9 Å².